The van der Waals surface area contributed by atoms with Crippen LogP contribution in [0.4, 0.5) is 0 Å². The molecule has 6 heteroatoms. The number of carbonyl (C=O) groups is 3. The van der Waals surface area contributed by atoms with Crippen molar-refractivity contribution in [2.45, 2.75) is 316 Å². The molecule has 0 amide bonds. The van der Waals surface area contributed by atoms with Crippen molar-refractivity contribution in [2.24, 2.45) is 0 Å². The average Bonchev–Trinajstić information content (AvgIpc) is 3.34. The monoisotopic (exact) mass is 953 g/mol. The Hall–Kier alpha value is -2.63. The average molecular weight is 954 g/mol. The minimum absolute atomic E-state index is 0.0697. The summed E-state index contributed by atoms with van der Waals surface area (Å²) in [5.74, 6) is -0.860. The molecule has 1 atom stereocenters. The van der Waals surface area contributed by atoms with Crippen molar-refractivity contribution in [1.82, 2.24) is 0 Å². The summed E-state index contributed by atoms with van der Waals surface area (Å²) in [7, 11) is 0. The number of hydrogen-bond donors (Lipinski definition) is 0. The van der Waals surface area contributed by atoms with Crippen LogP contribution < -0.4 is 0 Å². The van der Waals surface area contributed by atoms with Gasteiger partial charge in [0.2, 0.25) is 0 Å². The molecule has 0 heterocycles. The summed E-state index contributed by atoms with van der Waals surface area (Å²) in [5.41, 5.74) is 0. The van der Waals surface area contributed by atoms with Gasteiger partial charge in [0.05, 0.1) is 0 Å². The summed E-state index contributed by atoms with van der Waals surface area (Å²) in [5, 5.41) is 0. The summed E-state index contributed by atoms with van der Waals surface area (Å²) in [6.45, 7) is 6.55. The van der Waals surface area contributed by atoms with Gasteiger partial charge in [-0.15, -0.1) is 0 Å². The molecule has 6 nitrogen and oxygen atoms in total. The van der Waals surface area contributed by atoms with E-state index in [1.165, 1.54) is 186 Å². The van der Waals surface area contributed by atoms with Crippen LogP contribution in [-0.2, 0) is 28.6 Å². The standard InChI is InChI=1S/C62H112O6/c1-4-7-10-13-16-19-21-23-25-27-29-30-31-32-33-35-36-38-40-43-46-49-52-55-61(64)67-58-59(57-66-60(63)54-51-48-45-42-18-15-12-9-6-3)68-62(65)56-53-50-47-44-41-39-37-34-28-26-24-22-20-17-14-11-8-5-2/h7,10,16,19,23,25,29-30,59H,4-6,8-9,11-15,17-18,20-22,24,26-28,31-58H2,1-3H3/b10-7-,19-16-,25-23-,30-29-. The van der Waals surface area contributed by atoms with Gasteiger partial charge in [0, 0.05) is 19.3 Å². The zero-order valence-corrected chi connectivity index (χ0v) is 45.4. The highest BCUT2D eigenvalue weighted by atomic mass is 16.6. The summed E-state index contributed by atoms with van der Waals surface area (Å²) in [6, 6.07) is 0. The first kappa shape index (κ1) is 65.4. The van der Waals surface area contributed by atoms with Gasteiger partial charge in [0.15, 0.2) is 6.10 Å². The zero-order valence-electron chi connectivity index (χ0n) is 45.4. The van der Waals surface area contributed by atoms with E-state index in [9.17, 15) is 14.4 Å². The van der Waals surface area contributed by atoms with Crippen LogP contribution in [0.3, 0.4) is 0 Å². The van der Waals surface area contributed by atoms with E-state index in [0.29, 0.717) is 19.3 Å². The number of allylic oxidation sites excluding steroid dienone is 8. The van der Waals surface area contributed by atoms with Crippen LogP contribution >= 0.6 is 0 Å². The van der Waals surface area contributed by atoms with Crippen molar-refractivity contribution in [3.63, 3.8) is 0 Å². The van der Waals surface area contributed by atoms with Gasteiger partial charge in [-0.2, -0.15) is 0 Å². The lowest BCUT2D eigenvalue weighted by Crippen LogP contribution is -2.30. The van der Waals surface area contributed by atoms with Crippen LogP contribution in [-0.4, -0.2) is 37.2 Å². The van der Waals surface area contributed by atoms with Crippen molar-refractivity contribution in [3.8, 4) is 0 Å². The largest absolute Gasteiger partial charge is 0.462 e. The van der Waals surface area contributed by atoms with Crippen molar-refractivity contribution < 1.29 is 28.6 Å². The topological polar surface area (TPSA) is 78.9 Å². The molecular weight excluding hydrogens is 841 g/mol. The van der Waals surface area contributed by atoms with Crippen LogP contribution in [0.1, 0.15) is 310 Å². The van der Waals surface area contributed by atoms with Crippen molar-refractivity contribution in [1.29, 1.82) is 0 Å². The Balaban J connectivity index is 4.22. The third-order valence-electron chi connectivity index (χ3n) is 13.1. The molecular formula is C62H112O6. The molecule has 68 heavy (non-hydrogen) atoms. The van der Waals surface area contributed by atoms with Gasteiger partial charge >= 0.3 is 17.9 Å². The van der Waals surface area contributed by atoms with Gasteiger partial charge in [0.25, 0.3) is 0 Å². The number of unbranched alkanes of at least 4 members (excludes halogenated alkanes) is 35. The lowest BCUT2D eigenvalue weighted by molar-refractivity contribution is -0.167. The summed E-state index contributed by atoms with van der Waals surface area (Å²) in [6.07, 6.45) is 69.7. The van der Waals surface area contributed by atoms with Crippen molar-refractivity contribution in [2.75, 3.05) is 13.2 Å². The Morgan fingerprint density at radius 1 is 0.309 bits per heavy atom. The highest BCUT2D eigenvalue weighted by molar-refractivity contribution is 5.71. The second-order valence-electron chi connectivity index (χ2n) is 19.9. The second kappa shape index (κ2) is 57.0. The fraction of sp³-hybridized carbons (Fsp3) is 0.823. The van der Waals surface area contributed by atoms with Gasteiger partial charge < -0.3 is 14.2 Å². The molecule has 0 aliphatic heterocycles. The molecule has 0 aromatic heterocycles. The molecule has 0 radical (unpaired) electrons. The molecule has 0 saturated carbocycles. The first-order valence-electron chi connectivity index (χ1n) is 29.6. The number of carbonyl (C=O) groups excluding carboxylic acids is 3. The fourth-order valence-electron chi connectivity index (χ4n) is 8.67. The van der Waals surface area contributed by atoms with Gasteiger partial charge in [-0.05, 0) is 57.8 Å². The van der Waals surface area contributed by atoms with Crippen LogP contribution in [0.5, 0.6) is 0 Å². The van der Waals surface area contributed by atoms with Crippen LogP contribution in [0.2, 0.25) is 0 Å². The van der Waals surface area contributed by atoms with Crippen LogP contribution in [0.25, 0.3) is 0 Å². The SMILES string of the molecule is CC/C=C\C/C=C\C/C=C\C/C=C\CCCCCCCCCCCCC(=O)OCC(COC(=O)CCCCCCCCCCC)OC(=O)CCCCCCCCCCCCCCCCCCCC. The quantitative estimate of drug-likeness (QED) is 0.0262. The molecule has 0 rings (SSSR count). The minimum Gasteiger partial charge on any atom is -0.462 e. The molecule has 0 saturated heterocycles. The minimum atomic E-state index is -0.770. The Morgan fingerprint density at radius 2 is 0.574 bits per heavy atom. The van der Waals surface area contributed by atoms with Gasteiger partial charge in [-0.3, -0.25) is 14.4 Å². The van der Waals surface area contributed by atoms with Gasteiger partial charge in [-0.25, -0.2) is 0 Å². The third kappa shape index (κ3) is 54.3. The van der Waals surface area contributed by atoms with E-state index in [0.717, 1.165) is 83.5 Å². The van der Waals surface area contributed by atoms with E-state index >= 15 is 0 Å². The number of rotatable bonds is 54. The normalized spacial score (nSPS) is 12.3. The lowest BCUT2D eigenvalue weighted by Gasteiger charge is -2.18. The Morgan fingerprint density at radius 3 is 0.897 bits per heavy atom. The van der Waals surface area contributed by atoms with Crippen molar-refractivity contribution in [3.05, 3.63) is 48.6 Å². The van der Waals surface area contributed by atoms with Crippen molar-refractivity contribution >= 4 is 17.9 Å². The van der Waals surface area contributed by atoms with Crippen LogP contribution in [0.15, 0.2) is 48.6 Å². The highest BCUT2D eigenvalue weighted by Gasteiger charge is 2.19. The molecule has 1 unspecified atom stereocenters. The molecule has 396 valence electrons. The Labute approximate surface area is 422 Å². The first-order valence-corrected chi connectivity index (χ1v) is 29.6. The smallest absolute Gasteiger partial charge is 0.306 e. The molecule has 0 aromatic rings. The highest BCUT2D eigenvalue weighted by Crippen LogP contribution is 2.17. The lowest BCUT2D eigenvalue weighted by atomic mass is 10.0. The fourth-order valence-corrected chi connectivity index (χ4v) is 8.67. The Bertz CT molecular complexity index is 1190. The molecule has 0 aromatic carbocycles. The van der Waals surface area contributed by atoms with Gasteiger partial charge in [0.1, 0.15) is 13.2 Å². The molecule has 0 aliphatic carbocycles. The maximum atomic E-state index is 12.8. The molecule has 0 spiro atoms. The van der Waals surface area contributed by atoms with Crippen LogP contribution in [0, 0.1) is 0 Å². The van der Waals surface area contributed by atoms with E-state index in [1.54, 1.807) is 0 Å². The molecule has 0 fully saturated rings. The number of ether oxygens (including phenoxy) is 3. The molecule has 0 aliphatic rings. The van der Waals surface area contributed by atoms with E-state index in [2.05, 4.69) is 69.4 Å². The number of hydrogen-bond acceptors (Lipinski definition) is 6. The maximum Gasteiger partial charge on any atom is 0.306 e. The van der Waals surface area contributed by atoms with E-state index < -0.39 is 6.10 Å². The molecule has 0 bridgehead atoms. The zero-order chi connectivity index (χ0) is 49.3. The van der Waals surface area contributed by atoms with E-state index in [4.69, 9.17) is 14.2 Å². The summed E-state index contributed by atoms with van der Waals surface area (Å²) < 4.78 is 16.9. The predicted octanol–water partition coefficient (Wildman–Crippen LogP) is 19.8. The van der Waals surface area contributed by atoms with Gasteiger partial charge in [-0.1, -0.05) is 281 Å². The number of esters is 3. The third-order valence-corrected chi connectivity index (χ3v) is 13.1. The van der Waals surface area contributed by atoms with E-state index in [-0.39, 0.29) is 31.1 Å². The Kier molecular flexibility index (Phi) is 54.8. The summed E-state index contributed by atoms with van der Waals surface area (Å²) in [4.78, 5) is 38.1. The first-order chi connectivity index (χ1) is 33.5. The van der Waals surface area contributed by atoms with E-state index in [1.807, 2.05) is 0 Å². The molecule has 0 N–H and O–H groups in total. The summed E-state index contributed by atoms with van der Waals surface area (Å²) >= 11 is 0. The second-order valence-corrected chi connectivity index (χ2v) is 19.9. The maximum absolute atomic E-state index is 12.8. The predicted molar refractivity (Wildman–Crippen MR) is 293 cm³/mol.